The summed E-state index contributed by atoms with van der Waals surface area (Å²) in [6, 6.07) is 55.5. The van der Waals surface area contributed by atoms with Crippen LogP contribution in [0.2, 0.25) is 0 Å². The van der Waals surface area contributed by atoms with Crippen molar-refractivity contribution in [1.29, 1.82) is 0 Å². The first-order valence-corrected chi connectivity index (χ1v) is 16.5. The first-order valence-electron chi connectivity index (χ1n) is 15.7. The predicted octanol–water partition coefficient (Wildman–Crippen LogP) is 11.4. The highest BCUT2D eigenvalue weighted by Gasteiger charge is 2.28. The average molecular weight is 604 g/mol. The van der Waals surface area contributed by atoms with Gasteiger partial charge >= 0.3 is 0 Å². The fourth-order valence-corrected chi connectivity index (χ4v) is 9.09. The highest BCUT2D eigenvalue weighted by molar-refractivity contribution is 7.99. The monoisotopic (exact) mass is 603 g/mol. The van der Waals surface area contributed by atoms with E-state index in [1.54, 1.807) is 0 Å². The van der Waals surface area contributed by atoms with Gasteiger partial charge in [0.25, 0.3) is 0 Å². The molecule has 3 aromatic heterocycles. The number of hydrogen-bond donors (Lipinski definition) is 0. The fraction of sp³-hybridized carbons (Fsp3) is 0. The molecule has 0 atom stereocenters. The van der Waals surface area contributed by atoms with Crippen LogP contribution in [0.1, 0.15) is 0 Å². The normalized spacial score (nSPS) is 12.7. The number of rotatable bonds is 2. The maximum atomic E-state index is 2.52. The van der Waals surface area contributed by atoms with Crippen LogP contribution in [-0.2, 0) is 0 Å². The highest BCUT2D eigenvalue weighted by Crippen LogP contribution is 2.50. The topological polar surface area (TPSA) is 14.8 Å². The maximum absolute atomic E-state index is 2.52. The third-order valence-corrected chi connectivity index (χ3v) is 10.9. The van der Waals surface area contributed by atoms with Crippen LogP contribution >= 0.6 is 11.8 Å². The van der Waals surface area contributed by atoms with E-state index in [1.165, 1.54) is 92.3 Å². The van der Waals surface area contributed by atoms with Crippen LogP contribution < -0.4 is 0 Å². The van der Waals surface area contributed by atoms with Crippen LogP contribution in [0.15, 0.2) is 161 Å². The Kier molecular flexibility index (Phi) is 4.78. The minimum Gasteiger partial charge on any atom is -0.309 e. The lowest BCUT2D eigenvalue weighted by Crippen LogP contribution is -2.06. The lowest BCUT2D eigenvalue weighted by Gasteiger charge is -2.22. The molecule has 0 fully saturated rings. The summed E-state index contributed by atoms with van der Waals surface area (Å²) in [7, 11) is 0. The molecule has 0 spiro atoms. The van der Waals surface area contributed by atoms with E-state index in [0.717, 1.165) is 0 Å². The van der Waals surface area contributed by atoms with Crippen molar-refractivity contribution in [1.82, 2.24) is 13.7 Å². The van der Waals surface area contributed by atoms with Gasteiger partial charge in [-0.2, -0.15) is 0 Å². The van der Waals surface area contributed by atoms with Crippen LogP contribution in [0.5, 0.6) is 0 Å². The predicted molar refractivity (Wildman–Crippen MR) is 194 cm³/mol. The summed E-state index contributed by atoms with van der Waals surface area (Å²) < 4.78 is 7.41. The summed E-state index contributed by atoms with van der Waals surface area (Å²) in [5, 5.41) is 9.05. The summed E-state index contributed by atoms with van der Waals surface area (Å²) in [6.07, 6.45) is 0. The number of benzene rings is 7. The molecule has 0 bridgehead atoms. The van der Waals surface area contributed by atoms with Gasteiger partial charge in [0.15, 0.2) is 0 Å². The molecular weight excluding hydrogens is 579 g/mol. The zero-order valence-corrected chi connectivity index (χ0v) is 25.5. The molecule has 0 saturated heterocycles. The van der Waals surface area contributed by atoms with Gasteiger partial charge < -0.3 is 4.57 Å². The summed E-state index contributed by atoms with van der Waals surface area (Å²) in [5.74, 6) is 0. The summed E-state index contributed by atoms with van der Waals surface area (Å²) >= 11 is 1.88. The van der Waals surface area contributed by atoms with Gasteiger partial charge in [0, 0.05) is 48.1 Å². The molecule has 3 nitrogen and oxygen atoms in total. The Hall–Kier alpha value is -5.71. The van der Waals surface area contributed by atoms with Crippen molar-refractivity contribution >= 4 is 77.2 Å². The van der Waals surface area contributed by atoms with Gasteiger partial charge in [-0.05, 0) is 65.4 Å². The quantitative estimate of drug-likeness (QED) is 0.192. The lowest BCUT2D eigenvalue weighted by atomic mass is 10.0. The molecular formula is C42H25N3S. The Morgan fingerprint density at radius 2 is 1.09 bits per heavy atom. The third-order valence-electron chi connectivity index (χ3n) is 9.79. The van der Waals surface area contributed by atoms with Crippen molar-refractivity contribution in [2.24, 2.45) is 0 Å². The third kappa shape index (κ3) is 3.09. The lowest BCUT2D eigenvalue weighted by molar-refractivity contribution is 1.02. The van der Waals surface area contributed by atoms with Crippen LogP contribution in [0.25, 0.3) is 82.5 Å². The molecule has 0 radical (unpaired) electrons. The van der Waals surface area contributed by atoms with Crippen LogP contribution in [0.4, 0.5) is 0 Å². The van der Waals surface area contributed by atoms with Crippen LogP contribution in [-0.4, -0.2) is 13.7 Å². The van der Waals surface area contributed by atoms with E-state index < -0.39 is 0 Å². The van der Waals surface area contributed by atoms with E-state index in [9.17, 15) is 0 Å². The number of nitrogens with zero attached hydrogens (tertiary/aromatic N) is 3. The first kappa shape index (κ1) is 24.6. The second-order valence-electron chi connectivity index (χ2n) is 12.2. The van der Waals surface area contributed by atoms with E-state index in [2.05, 4.69) is 165 Å². The zero-order chi connectivity index (χ0) is 29.9. The second-order valence-corrected chi connectivity index (χ2v) is 13.2. The molecule has 0 saturated carbocycles. The van der Waals surface area contributed by atoms with Gasteiger partial charge in [0.1, 0.15) is 5.65 Å². The van der Waals surface area contributed by atoms with Crippen molar-refractivity contribution in [3.8, 4) is 17.1 Å². The van der Waals surface area contributed by atoms with E-state index in [4.69, 9.17) is 0 Å². The Morgan fingerprint density at radius 1 is 0.391 bits per heavy atom. The Labute approximate surface area is 268 Å². The number of hydrogen-bond acceptors (Lipinski definition) is 1. The van der Waals surface area contributed by atoms with Crippen molar-refractivity contribution in [2.75, 3.05) is 0 Å². The van der Waals surface area contributed by atoms with Gasteiger partial charge in [-0.15, -0.1) is 0 Å². The molecule has 7 aromatic carbocycles. The van der Waals surface area contributed by atoms with Gasteiger partial charge in [0.2, 0.25) is 0 Å². The largest absolute Gasteiger partial charge is 0.309 e. The molecule has 0 N–H and O–H groups in total. The number of fused-ring (bicyclic) bond motifs is 12. The van der Waals surface area contributed by atoms with Crippen molar-refractivity contribution in [3.05, 3.63) is 152 Å². The smallest absolute Gasteiger partial charge is 0.131 e. The van der Waals surface area contributed by atoms with E-state index >= 15 is 0 Å². The average Bonchev–Trinajstić information content (AvgIpc) is 3.75. The van der Waals surface area contributed by atoms with Crippen LogP contribution in [0, 0.1) is 0 Å². The van der Waals surface area contributed by atoms with Crippen molar-refractivity contribution in [3.63, 3.8) is 0 Å². The second kappa shape index (κ2) is 8.94. The maximum Gasteiger partial charge on any atom is 0.131 e. The molecule has 10 aromatic rings. The highest BCUT2D eigenvalue weighted by atomic mass is 32.2. The molecule has 0 aliphatic carbocycles. The van der Waals surface area contributed by atoms with E-state index in [0.29, 0.717) is 0 Å². The number of aromatic nitrogens is 3. The van der Waals surface area contributed by atoms with Gasteiger partial charge in [-0.25, -0.2) is 0 Å². The van der Waals surface area contributed by atoms with Gasteiger partial charge in [-0.3, -0.25) is 9.13 Å². The molecule has 214 valence electrons. The van der Waals surface area contributed by atoms with E-state index in [-0.39, 0.29) is 0 Å². The van der Waals surface area contributed by atoms with Crippen LogP contribution in [0.3, 0.4) is 0 Å². The first-order chi connectivity index (χ1) is 22.8. The molecule has 0 unspecified atom stereocenters. The molecule has 4 heteroatoms. The Morgan fingerprint density at radius 3 is 1.93 bits per heavy atom. The zero-order valence-electron chi connectivity index (χ0n) is 24.7. The van der Waals surface area contributed by atoms with Gasteiger partial charge in [-0.1, -0.05) is 109 Å². The van der Waals surface area contributed by atoms with Crippen molar-refractivity contribution in [2.45, 2.75) is 9.79 Å². The molecule has 1 aliphatic heterocycles. The minimum atomic E-state index is 1.17. The summed E-state index contributed by atoms with van der Waals surface area (Å²) in [4.78, 5) is 2.54. The standard InChI is InChI=1S/C42H25N3S/c1-2-12-27(13-3-1)44-34-19-9-7-16-31(34)40-32-17-10-20-37-41(32)45(42(40)44)35-24-22-28(25-38(35)46-37)43-33-18-8-6-15-30(33)39-29-14-5-4-11-26(29)21-23-36(39)43/h1-25H. The Bertz CT molecular complexity index is 2890. The molecule has 0 amide bonds. The Balaban J connectivity index is 1.24. The minimum absolute atomic E-state index is 1.17. The van der Waals surface area contributed by atoms with Crippen molar-refractivity contribution < 1.29 is 0 Å². The van der Waals surface area contributed by atoms with E-state index in [1.807, 2.05) is 11.8 Å². The summed E-state index contributed by atoms with van der Waals surface area (Å²) in [5.41, 5.74) is 9.76. The molecule has 4 heterocycles. The van der Waals surface area contributed by atoms with Gasteiger partial charge in [0.05, 0.1) is 27.8 Å². The molecule has 1 aliphatic rings. The summed E-state index contributed by atoms with van der Waals surface area (Å²) in [6.45, 7) is 0. The fourth-order valence-electron chi connectivity index (χ4n) is 7.96. The molecule has 11 rings (SSSR count). The molecule has 46 heavy (non-hydrogen) atoms. The SMILES string of the molecule is c1ccc(-n2c3ccccc3c3c4cccc5c4n(c32)-c2ccc(-n3c4ccccc4c4c6ccccc6ccc43)cc2S5)cc1. The number of para-hydroxylation sites is 4.